The Labute approximate surface area is 155 Å². The minimum absolute atomic E-state index is 0.156. The van der Waals surface area contributed by atoms with E-state index < -0.39 is 0 Å². The second-order valence-electron chi connectivity index (χ2n) is 5.92. The maximum absolute atomic E-state index is 12.7. The lowest BCUT2D eigenvalue weighted by Gasteiger charge is -2.06. The lowest BCUT2D eigenvalue weighted by molar-refractivity contribution is 0.658. The second kappa shape index (κ2) is 7.17. The Kier molecular flexibility index (Phi) is 4.58. The fourth-order valence-electron chi connectivity index (χ4n) is 2.86. The molecular weight excluding hydrogens is 344 g/mol. The fraction of sp³-hybridized carbons (Fsp3) is 0.150. The lowest BCUT2D eigenvalue weighted by atomic mass is 10.2. The largest absolute Gasteiger partial charge is 0.350 e. The van der Waals surface area contributed by atoms with Gasteiger partial charge in [0.1, 0.15) is 5.03 Å². The molecule has 0 amide bonds. The first kappa shape index (κ1) is 16.6. The van der Waals surface area contributed by atoms with Crippen molar-refractivity contribution in [3.05, 3.63) is 88.6 Å². The Morgan fingerprint density at radius 1 is 1.04 bits per heavy atom. The molecule has 2 aromatic heterocycles. The van der Waals surface area contributed by atoms with Gasteiger partial charge >= 0.3 is 5.69 Å². The quantitative estimate of drug-likeness (QED) is 0.544. The van der Waals surface area contributed by atoms with Gasteiger partial charge in [0.2, 0.25) is 0 Å². The summed E-state index contributed by atoms with van der Waals surface area (Å²) in [4.78, 5) is 18.3. The predicted molar refractivity (Wildman–Crippen MR) is 103 cm³/mol. The van der Waals surface area contributed by atoms with Crippen molar-refractivity contribution in [2.24, 2.45) is 0 Å². The zero-order valence-electron chi connectivity index (χ0n) is 14.4. The van der Waals surface area contributed by atoms with Gasteiger partial charge in [0.15, 0.2) is 5.65 Å². The van der Waals surface area contributed by atoms with E-state index in [0.717, 1.165) is 21.9 Å². The third kappa shape index (κ3) is 3.15. The molecule has 0 unspecified atom stereocenters. The molecule has 4 aromatic rings. The molecule has 5 nitrogen and oxygen atoms in total. The van der Waals surface area contributed by atoms with Crippen LogP contribution in [0.25, 0.3) is 5.65 Å². The van der Waals surface area contributed by atoms with Crippen molar-refractivity contribution in [1.82, 2.24) is 19.2 Å². The van der Waals surface area contributed by atoms with Crippen molar-refractivity contribution in [2.45, 2.75) is 29.8 Å². The Bertz CT molecular complexity index is 1100. The van der Waals surface area contributed by atoms with Crippen LogP contribution in [-0.2, 0) is 13.0 Å². The predicted octanol–water partition coefficient (Wildman–Crippen LogP) is 3.65. The highest BCUT2D eigenvalue weighted by Gasteiger charge is 2.14. The van der Waals surface area contributed by atoms with Gasteiger partial charge in [-0.2, -0.15) is 0 Å². The van der Waals surface area contributed by atoms with Crippen LogP contribution >= 0.6 is 11.8 Å². The summed E-state index contributed by atoms with van der Waals surface area (Å²) in [6.45, 7) is 2.57. The van der Waals surface area contributed by atoms with Crippen LogP contribution in [0.4, 0.5) is 0 Å². The fourth-order valence-corrected chi connectivity index (χ4v) is 3.90. The van der Waals surface area contributed by atoms with Gasteiger partial charge in [-0.05, 0) is 23.6 Å². The standard InChI is InChI=1S/C20H18N4OS/c1-2-16-10-6-7-11-17(16)26-19-18-22-24(14-15-8-4-3-5-9-15)20(25)23(18)13-12-21-19/h3-13H,2,14H2,1H3. The van der Waals surface area contributed by atoms with Crippen molar-refractivity contribution in [3.63, 3.8) is 0 Å². The van der Waals surface area contributed by atoms with Gasteiger partial charge in [0.25, 0.3) is 0 Å². The van der Waals surface area contributed by atoms with Crippen molar-refractivity contribution in [1.29, 1.82) is 0 Å². The SMILES string of the molecule is CCc1ccccc1Sc1nccn2c(=O)n(Cc3ccccc3)nc12. The minimum atomic E-state index is -0.156. The molecule has 0 aliphatic rings. The molecule has 0 aliphatic carbocycles. The molecule has 0 radical (unpaired) electrons. The molecular formula is C20H18N4OS. The van der Waals surface area contributed by atoms with Crippen LogP contribution in [0, 0.1) is 0 Å². The van der Waals surface area contributed by atoms with E-state index in [1.54, 1.807) is 28.6 Å². The van der Waals surface area contributed by atoms with Crippen LogP contribution < -0.4 is 5.69 Å². The number of benzene rings is 2. The minimum Gasteiger partial charge on any atom is -0.246 e. The highest BCUT2D eigenvalue weighted by molar-refractivity contribution is 7.99. The summed E-state index contributed by atoms with van der Waals surface area (Å²) in [6, 6.07) is 18.1. The molecule has 2 aromatic carbocycles. The summed E-state index contributed by atoms with van der Waals surface area (Å²) in [7, 11) is 0. The summed E-state index contributed by atoms with van der Waals surface area (Å²) in [5.41, 5.74) is 2.73. The molecule has 26 heavy (non-hydrogen) atoms. The summed E-state index contributed by atoms with van der Waals surface area (Å²) in [5.74, 6) is 0. The first-order chi connectivity index (χ1) is 12.8. The number of rotatable bonds is 5. The zero-order chi connectivity index (χ0) is 17.9. The highest BCUT2D eigenvalue weighted by atomic mass is 32.2. The van der Waals surface area contributed by atoms with E-state index in [-0.39, 0.29) is 5.69 Å². The Balaban J connectivity index is 1.75. The average Bonchev–Trinajstić information content (AvgIpc) is 3.00. The maximum Gasteiger partial charge on any atom is 0.350 e. The molecule has 0 N–H and O–H groups in total. The molecule has 0 spiro atoms. The van der Waals surface area contributed by atoms with Crippen molar-refractivity contribution in [2.75, 3.05) is 0 Å². The van der Waals surface area contributed by atoms with Gasteiger partial charge in [-0.15, -0.1) is 5.10 Å². The van der Waals surface area contributed by atoms with Crippen LogP contribution in [0.2, 0.25) is 0 Å². The number of hydrogen-bond donors (Lipinski definition) is 0. The van der Waals surface area contributed by atoms with Crippen LogP contribution in [0.15, 0.2) is 81.7 Å². The van der Waals surface area contributed by atoms with E-state index in [0.29, 0.717) is 12.2 Å². The number of aromatic nitrogens is 4. The number of fused-ring (bicyclic) bond motifs is 1. The van der Waals surface area contributed by atoms with Gasteiger partial charge in [0.05, 0.1) is 6.54 Å². The van der Waals surface area contributed by atoms with Gasteiger partial charge in [-0.1, -0.05) is 67.2 Å². The average molecular weight is 362 g/mol. The van der Waals surface area contributed by atoms with E-state index in [2.05, 4.69) is 29.1 Å². The van der Waals surface area contributed by atoms with E-state index in [1.165, 1.54) is 10.2 Å². The lowest BCUT2D eigenvalue weighted by Crippen LogP contribution is -2.21. The second-order valence-corrected chi connectivity index (χ2v) is 6.95. The molecule has 0 aliphatic heterocycles. The Hall–Kier alpha value is -2.86. The molecule has 130 valence electrons. The van der Waals surface area contributed by atoms with Gasteiger partial charge in [-0.25, -0.2) is 18.9 Å². The molecule has 0 bridgehead atoms. The summed E-state index contributed by atoms with van der Waals surface area (Å²) in [6.07, 6.45) is 4.27. The highest BCUT2D eigenvalue weighted by Crippen LogP contribution is 2.31. The third-order valence-corrected chi connectivity index (χ3v) is 5.30. The molecule has 0 atom stereocenters. The first-order valence-corrected chi connectivity index (χ1v) is 9.32. The molecule has 4 rings (SSSR count). The third-order valence-electron chi connectivity index (χ3n) is 4.20. The summed E-state index contributed by atoms with van der Waals surface area (Å²) < 4.78 is 3.05. The molecule has 2 heterocycles. The van der Waals surface area contributed by atoms with E-state index in [1.807, 2.05) is 42.5 Å². The smallest absolute Gasteiger partial charge is 0.246 e. The number of nitrogens with zero attached hydrogens (tertiary/aromatic N) is 4. The molecule has 0 fully saturated rings. The van der Waals surface area contributed by atoms with E-state index in [9.17, 15) is 4.79 Å². The van der Waals surface area contributed by atoms with Crippen LogP contribution in [-0.4, -0.2) is 19.2 Å². The monoisotopic (exact) mass is 362 g/mol. The van der Waals surface area contributed by atoms with Crippen LogP contribution in [0.1, 0.15) is 18.1 Å². The molecule has 6 heteroatoms. The van der Waals surface area contributed by atoms with Gasteiger partial charge in [0, 0.05) is 17.3 Å². The Morgan fingerprint density at radius 3 is 2.62 bits per heavy atom. The first-order valence-electron chi connectivity index (χ1n) is 8.50. The summed E-state index contributed by atoms with van der Waals surface area (Å²) in [5, 5.41) is 5.28. The number of aryl methyl sites for hydroxylation is 1. The van der Waals surface area contributed by atoms with Crippen molar-refractivity contribution < 1.29 is 0 Å². The van der Waals surface area contributed by atoms with Crippen LogP contribution in [0.3, 0.4) is 0 Å². The normalized spacial score (nSPS) is 11.1. The maximum atomic E-state index is 12.7. The van der Waals surface area contributed by atoms with Gasteiger partial charge < -0.3 is 0 Å². The molecule has 0 saturated heterocycles. The number of hydrogen-bond acceptors (Lipinski definition) is 4. The van der Waals surface area contributed by atoms with Crippen LogP contribution in [0.5, 0.6) is 0 Å². The topological polar surface area (TPSA) is 52.2 Å². The van der Waals surface area contributed by atoms with Crippen molar-refractivity contribution in [3.8, 4) is 0 Å². The Morgan fingerprint density at radius 2 is 1.81 bits per heavy atom. The van der Waals surface area contributed by atoms with Gasteiger partial charge in [-0.3, -0.25) is 0 Å². The van der Waals surface area contributed by atoms with E-state index in [4.69, 9.17) is 0 Å². The summed E-state index contributed by atoms with van der Waals surface area (Å²) >= 11 is 1.55. The van der Waals surface area contributed by atoms with Crippen molar-refractivity contribution >= 4 is 17.4 Å². The molecule has 0 saturated carbocycles. The van der Waals surface area contributed by atoms with E-state index >= 15 is 0 Å². The zero-order valence-corrected chi connectivity index (χ0v) is 15.2.